The zero-order valence-corrected chi connectivity index (χ0v) is 11.7. The van der Waals surface area contributed by atoms with Crippen LogP contribution in [0.3, 0.4) is 0 Å². The van der Waals surface area contributed by atoms with Crippen LogP contribution in [0.4, 0.5) is 26.3 Å². The fourth-order valence-electron chi connectivity index (χ4n) is 2.01. The van der Waals surface area contributed by atoms with Crippen molar-refractivity contribution in [1.82, 2.24) is 0 Å². The van der Waals surface area contributed by atoms with E-state index in [1.165, 1.54) is 24.3 Å². The van der Waals surface area contributed by atoms with Crippen LogP contribution in [0.25, 0.3) is 11.1 Å². The summed E-state index contributed by atoms with van der Waals surface area (Å²) < 4.78 is 75.8. The van der Waals surface area contributed by atoms with E-state index in [1.54, 1.807) is 0 Å². The number of hydrogen-bond acceptors (Lipinski definition) is 0. The number of halogens is 7. The third-order valence-corrected chi connectivity index (χ3v) is 3.39. The van der Waals surface area contributed by atoms with Gasteiger partial charge in [0.05, 0.1) is 11.1 Å². The molecular weight excluding hydrogens is 330 g/mol. The van der Waals surface area contributed by atoms with Gasteiger partial charge in [0.2, 0.25) is 0 Å². The monoisotopic (exact) mass is 338 g/mol. The molecule has 0 bridgehead atoms. The lowest BCUT2D eigenvalue weighted by molar-refractivity contribution is -0.138. The van der Waals surface area contributed by atoms with Gasteiger partial charge in [0.15, 0.2) is 0 Å². The smallest absolute Gasteiger partial charge is 0.166 e. The summed E-state index contributed by atoms with van der Waals surface area (Å²) in [5.74, 6) is -0.344. The third-order valence-electron chi connectivity index (χ3n) is 3.10. The Morgan fingerprint density at radius 1 is 0.727 bits per heavy atom. The Balaban J connectivity index is 2.42. The van der Waals surface area contributed by atoms with Gasteiger partial charge >= 0.3 is 12.4 Å². The zero-order chi connectivity index (χ0) is 16.5. The van der Waals surface area contributed by atoms with Crippen LogP contribution < -0.4 is 0 Å². The van der Waals surface area contributed by atoms with Crippen molar-refractivity contribution >= 4 is 11.6 Å². The lowest BCUT2D eigenvalue weighted by atomic mass is 9.98. The van der Waals surface area contributed by atoms with Crippen LogP contribution in [-0.4, -0.2) is 0 Å². The molecule has 0 saturated heterocycles. The maximum atomic E-state index is 12.8. The van der Waals surface area contributed by atoms with Gasteiger partial charge < -0.3 is 0 Å². The van der Waals surface area contributed by atoms with E-state index in [2.05, 4.69) is 0 Å². The average Bonchev–Trinajstić information content (AvgIpc) is 2.45. The lowest BCUT2D eigenvalue weighted by Crippen LogP contribution is -2.08. The van der Waals surface area contributed by atoms with Crippen LogP contribution in [0.1, 0.15) is 16.7 Å². The first-order valence-electron chi connectivity index (χ1n) is 6.06. The summed E-state index contributed by atoms with van der Waals surface area (Å²) in [6, 6.07) is 7.51. The average molecular weight is 339 g/mol. The molecular formula is C15H9ClF6. The van der Waals surface area contributed by atoms with E-state index in [1.807, 2.05) is 0 Å². The SMILES string of the molecule is FC(F)(F)c1ccc(-c2ccc(C(F)(F)F)c(CCl)c2)cc1. The van der Waals surface area contributed by atoms with Crippen molar-refractivity contribution in [2.75, 3.05) is 0 Å². The molecule has 0 spiro atoms. The van der Waals surface area contributed by atoms with Gasteiger partial charge in [-0.05, 0) is 41.0 Å². The molecule has 7 heteroatoms. The molecule has 0 fully saturated rings. The van der Waals surface area contributed by atoms with Gasteiger partial charge in [0, 0.05) is 5.88 Å². The van der Waals surface area contributed by atoms with Crippen molar-refractivity contribution in [3.8, 4) is 11.1 Å². The van der Waals surface area contributed by atoms with Crippen molar-refractivity contribution < 1.29 is 26.3 Å². The molecule has 0 aromatic heterocycles. The quantitative estimate of drug-likeness (QED) is 0.456. The highest BCUT2D eigenvalue weighted by Gasteiger charge is 2.33. The van der Waals surface area contributed by atoms with Gasteiger partial charge in [-0.3, -0.25) is 0 Å². The lowest BCUT2D eigenvalue weighted by Gasteiger charge is -2.13. The molecule has 0 amide bonds. The molecule has 0 aliphatic carbocycles. The first kappa shape index (κ1) is 16.7. The molecule has 0 unspecified atom stereocenters. The van der Waals surface area contributed by atoms with Crippen molar-refractivity contribution in [3.63, 3.8) is 0 Å². The third kappa shape index (κ3) is 3.55. The highest BCUT2D eigenvalue weighted by molar-refractivity contribution is 6.17. The van der Waals surface area contributed by atoms with Gasteiger partial charge in [-0.15, -0.1) is 11.6 Å². The fraction of sp³-hybridized carbons (Fsp3) is 0.200. The largest absolute Gasteiger partial charge is 0.416 e. The molecule has 0 nitrogen and oxygen atoms in total. The summed E-state index contributed by atoms with van der Waals surface area (Å²) in [5.41, 5.74) is -1.03. The predicted octanol–water partition coefficient (Wildman–Crippen LogP) is 6.13. The second-order valence-corrected chi connectivity index (χ2v) is 4.85. The van der Waals surface area contributed by atoms with Crippen LogP contribution in [-0.2, 0) is 18.2 Å². The van der Waals surface area contributed by atoms with Crippen LogP contribution in [0.15, 0.2) is 42.5 Å². The van der Waals surface area contributed by atoms with E-state index in [-0.39, 0.29) is 11.4 Å². The maximum Gasteiger partial charge on any atom is 0.416 e. The zero-order valence-electron chi connectivity index (χ0n) is 10.9. The predicted molar refractivity (Wildman–Crippen MR) is 71.4 cm³/mol. The van der Waals surface area contributed by atoms with E-state index in [0.717, 1.165) is 18.2 Å². The highest BCUT2D eigenvalue weighted by atomic mass is 35.5. The molecule has 0 radical (unpaired) electrons. The second kappa shape index (κ2) is 5.83. The highest BCUT2D eigenvalue weighted by Crippen LogP contribution is 2.36. The van der Waals surface area contributed by atoms with Crippen LogP contribution >= 0.6 is 11.6 Å². The van der Waals surface area contributed by atoms with E-state index in [9.17, 15) is 26.3 Å². The van der Waals surface area contributed by atoms with E-state index in [0.29, 0.717) is 11.1 Å². The Morgan fingerprint density at radius 3 is 1.73 bits per heavy atom. The van der Waals surface area contributed by atoms with Gasteiger partial charge in [0.1, 0.15) is 0 Å². The van der Waals surface area contributed by atoms with Gasteiger partial charge in [-0.25, -0.2) is 0 Å². The summed E-state index contributed by atoms with van der Waals surface area (Å²) in [5, 5.41) is 0. The Kier molecular flexibility index (Phi) is 4.42. The van der Waals surface area contributed by atoms with Crippen LogP contribution in [0, 0.1) is 0 Å². The minimum absolute atomic E-state index is 0.119. The first-order chi connectivity index (χ1) is 10.1. The topological polar surface area (TPSA) is 0 Å². The van der Waals surface area contributed by atoms with Crippen LogP contribution in [0.5, 0.6) is 0 Å². The molecule has 2 rings (SSSR count). The minimum Gasteiger partial charge on any atom is -0.166 e. The number of rotatable bonds is 2. The summed E-state index contributed by atoms with van der Waals surface area (Å²) in [7, 11) is 0. The maximum absolute atomic E-state index is 12.8. The summed E-state index contributed by atoms with van der Waals surface area (Å²) in [6.07, 6.45) is -8.98. The summed E-state index contributed by atoms with van der Waals surface area (Å²) >= 11 is 5.53. The number of hydrogen-bond donors (Lipinski definition) is 0. The van der Waals surface area contributed by atoms with E-state index >= 15 is 0 Å². The standard InChI is InChI=1S/C15H9ClF6/c16-8-11-7-10(3-6-13(11)15(20,21)22)9-1-4-12(5-2-9)14(17,18)19/h1-7H,8H2. The Morgan fingerprint density at radius 2 is 1.27 bits per heavy atom. The van der Waals surface area contributed by atoms with Crippen molar-refractivity contribution in [3.05, 3.63) is 59.2 Å². The second-order valence-electron chi connectivity index (χ2n) is 4.58. The van der Waals surface area contributed by atoms with E-state index < -0.39 is 23.5 Å². The Bertz CT molecular complexity index is 655. The molecule has 0 heterocycles. The number of alkyl halides is 7. The minimum atomic E-state index is -4.52. The molecule has 2 aromatic carbocycles. The molecule has 0 N–H and O–H groups in total. The van der Waals surface area contributed by atoms with Gasteiger partial charge in [-0.2, -0.15) is 26.3 Å². The molecule has 0 aliphatic rings. The van der Waals surface area contributed by atoms with Gasteiger partial charge in [0.25, 0.3) is 0 Å². The van der Waals surface area contributed by atoms with Crippen molar-refractivity contribution in [2.45, 2.75) is 18.2 Å². The Labute approximate surface area is 127 Å². The Hall–Kier alpha value is -1.69. The summed E-state index contributed by atoms with van der Waals surface area (Å²) in [6.45, 7) is 0. The molecule has 22 heavy (non-hydrogen) atoms. The fourth-order valence-corrected chi connectivity index (χ4v) is 2.23. The molecule has 118 valence electrons. The summed E-state index contributed by atoms with van der Waals surface area (Å²) in [4.78, 5) is 0. The molecule has 0 saturated carbocycles. The van der Waals surface area contributed by atoms with Crippen molar-refractivity contribution in [2.24, 2.45) is 0 Å². The normalized spacial score (nSPS) is 12.5. The number of benzene rings is 2. The van der Waals surface area contributed by atoms with E-state index in [4.69, 9.17) is 11.6 Å². The van der Waals surface area contributed by atoms with Crippen LogP contribution in [0.2, 0.25) is 0 Å². The molecule has 0 atom stereocenters. The molecule has 0 aliphatic heterocycles. The van der Waals surface area contributed by atoms with Gasteiger partial charge in [-0.1, -0.05) is 18.2 Å². The molecule has 2 aromatic rings. The first-order valence-corrected chi connectivity index (χ1v) is 6.60. The van der Waals surface area contributed by atoms with Crippen molar-refractivity contribution in [1.29, 1.82) is 0 Å².